The van der Waals surface area contributed by atoms with E-state index in [0.29, 0.717) is 12.2 Å². The first-order chi connectivity index (χ1) is 11.7. The third-order valence-corrected chi connectivity index (χ3v) is 4.63. The van der Waals surface area contributed by atoms with Crippen LogP contribution in [-0.2, 0) is 0 Å². The summed E-state index contributed by atoms with van der Waals surface area (Å²) in [4.78, 5) is 27.8. The Labute approximate surface area is 140 Å². The van der Waals surface area contributed by atoms with Crippen molar-refractivity contribution < 1.29 is 4.79 Å². The molecule has 3 aromatic heterocycles. The molecule has 0 spiro atoms. The lowest BCUT2D eigenvalue weighted by molar-refractivity contribution is 0.0700. The van der Waals surface area contributed by atoms with Gasteiger partial charge in [0.05, 0.1) is 5.69 Å². The van der Waals surface area contributed by atoms with E-state index in [-0.39, 0.29) is 11.8 Å². The Hall–Kier alpha value is -2.76. The molecule has 1 amide bonds. The summed E-state index contributed by atoms with van der Waals surface area (Å²) >= 11 is 0. The van der Waals surface area contributed by atoms with Gasteiger partial charge in [-0.05, 0) is 31.9 Å². The molecule has 6 heteroatoms. The number of carbonyl (C=O) groups is 1. The number of hydrogen-bond acceptors (Lipinski definition) is 4. The third kappa shape index (κ3) is 2.64. The molecule has 1 unspecified atom stereocenters. The van der Waals surface area contributed by atoms with Crippen LogP contribution >= 0.6 is 0 Å². The van der Waals surface area contributed by atoms with Crippen LogP contribution in [0.4, 0.5) is 0 Å². The van der Waals surface area contributed by atoms with Gasteiger partial charge in [-0.25, -0.2) is 4.98 Å². The van der Waals surface area contributed by atoms with Gasteiger partial charge in [0.2, 0.25) is 0 Å². The lowest BCUT2D eigenvalue weighted by Crippen LogP contribution is -2.39. The van der Waals surface area contributed by atoms with Crippen molar-refractivity contribution in [1.82, 2.24) is 24.3 Å². The Morgan fingerprint density at radius 1 is 1.29 bits per heavy atom. The molecule has 1 saturated heterocycles. The number of carbonyl (C=O) groups excluding carboxylic acids is 1. The maximum atomic E-state index is 12.9. The van der Waals surface area contributed by atoms with Crippen molar-refractivity contribution in [1.29, 1.82) is 0 Å². The van der Waals surface area contributed by atoms with Gasteiger partial charge >= 0.3 is 0 Å². The number of rotatable bonds is 2. The molecule has 0 bridgehead atoms. The zero-order valence-corrected chi connectivity index (χ0v) is 13.6. The second-order valence-corrected chi connectivity index (χ2v) is 6.24. The number of piperidine rings is 1. The minimum absolute atomic E-state index is 0.00769. The summed E-state index contributed by atoms with van der Waals surface area (Å²) < 4.78 is 1.96. The molecule has 0 N–H and O–H groups in total. The molecule has 122 valence electrons. The number of aromatic nitrogens is 4. The number of nitrogens with zero attached hydrogens (tertiary/aromatic N) is 5. The van der Waals surface area contributed by atoms with Crippen LogP contribution in [0.2, 0.25) is 0 Å². The van der Waals surface area contributed by atoms with E-state index in [1.54, 1.807) is 18.6 Å². The van der Waals surface area contributed by atoms with Gasteiger partial charge in [-0.15, -0.1) is 0 Å². The van der Waals surface area contributed by atoms with Crippen LogP contribution in [0.3, 0.4) is 0 Å². The minimum atomic E-state index is -0.00769. The van der Waals surface area contributed by atoms with Gasteiger partial charge in [-0.1, -0.05) is 6.07 Å². The van der Waals surface area contributed by atoms with Crippen LogP contribution in [0.25, 0.3) is 5.65 Å². The zero-order valence-electron chi connectivity index (χ0n) is 13.6. The summed E-state index contributed by atoms with van der Waals surface area (Å²) in [5.41, 5.74) is 3.33. The number of aryl methyl sites for hydroxylation is 1. The Balaban J connectivity index is 1.58. The Kier molecular flexibility index (Phi) is 3.72. The first-order valence-corrected chi connectivity index (χ1v) is 8.22. The van der Waals surface area contributed by atoms with E-state index in [2.05, 4.69) is 15.0 Å². The highest BCUT2D eigenvalue weighted by atomic mass is 16.2. The molecule has 1 aliphatic heterocycles. The van der Waals surface area contributed by atoms with Gasteiger partial charge in [-0.3, -0.25) is 14.8 Å². The quantitative estimate of drug-likeness (QED) is 0.727. The number of hydrogen-bond donors (Lipinski definition) is 0. The van der Waals surface area contributed by atoms with E-state index in [9.17, 15) is 4.79 Å². The monoisotopic (exact) mass is 321 g/mol. The fraction of sp³-hybridized carbons (Fsp3) is 0.333. The van der Waals surface area contributed by atoms with E-state index < -0.39 is 0 Å². The van der Waals surface area contributed by atoms with Crippen molar-refractivity contribution in [2.24, 2.45) is 0 Å². The molecular formula is C18H19N5O. The van der Waals surface area contributed by atoms with Crippen molar-refractivity contribution in [2.75, 3.05) is 13.1 Å². The van der Waals surface area contributed by atoms with Gasteiger partial charge in [0.1, 0.15) is 11.3 Å². The zero-order chi connectivity index (χ0) is 16.5. The molecule has 0 radical (unpaired) electrons. The number of fused-ring (bicyclic) bond motifs is 1. The summed E-state index contributed by atoms with van der Waals surface area (Å²) in [5, 5.41) is 0. The van der Waals surface area contributed by atoms with Crippen LogP contribution < -0.4 is 0 Å². The molecule has 0 saturated carbocycles. The predicted octanol–water partition coefficient (Wildman–Crippen LogP) is 2.45. The fourth-order valence-electron chi connectivity index (χ4n) is 3.34. The molecule has 6 nitrogen and oxygen atoms in total. The third-order valence-electron chi connectivity index (χ3n) is 4.63. The molecule has 4 rings (SSSR count). The molecule has 24 heavy (non-hydrogen) atoms. The summed E-state index contributed by atoms with van der Waals surface area (Å²) in [6, 6.07) is 5.88. The highest BCUT2D eigenvalue weighted by Crippen LogP contribution is 2.26. The molecule has 3 aromatic rings. The smallest absolute Gasteiger partial charge is 0.274 e. The van der Waals surface area contributed by atoms with Gasteiger partial charge in [0, 0.05) is 49.5 Å². The average Bonchev–Trinajstić information content (AvgIpc) is 3.08. The van der Waals surface area contributed by atoms with E-state index in [0.717, 1.165) is 36.4 Å². The van der Waals surface area contributed by atoms with Crippen LogP contribution in [-0.4, -0.2) is 43.2 Å². The first-order valence-electron chi connectivity index (χ1n) is 8.22. The lowest BCUT2D eigenvalue weighted by Gasteiger charge is -2.31. The average molecular weight is 321 g/mol. The van der Waals surface area contributed by atoms with Crippen molar-refractivity contribution in [3.05, 3.63) is 60.1 Å². The maximum Gasteiger partial charge on any atom is 0.274 e. The second kappa shape index (κ2) is 6.03. The van der Waals surface area contributed by atoms with Crippen molar-refractivity contribution in [2.45, 2.75) is 25.7 Å². The van der Waals surface area contributed by atoms with E-state index in [1.165, 1.54) is 0 Å². The molecule has 1 atom stereocenters. The van der Waals surface area contributed by atoms with Gasteiger partial charge in [0.25, 0.3) is 5.91 Å². The summed E-state index contributed by atoms with van der Waals surface area (Å²) in [5.74, 6) is 0.238. The summed E-state index contributed by atoms with van der Waals surface area (Å²) in [7, 11) is 0. The molecule has 0 aromatic carbocycles. The summed E-state index contributed by atoms with van der Waals surface area (Å²) in [6.45, 7) is 3.45. The number of amides is 1. The molecule has 0 aliphatic carbocycles. The van der Waals surface area contributed by atoms with Gasteiger partial charge < -0.3 is 9.30 Å². The molecule has 4 heterocycles. The largest absolute Gasteiger partial charge is 0.337 e. The van der Waals surface area contributed by atoms with Crippen LogP contribution in [0.1, 0.15) is 40.6 Å². The standard InChI is InChI=1S/C18H19N5O/c1-13-4-2-6-17-21-16(12-23(13)17)18(24)22-9-3-5-14(11-22)15-10-19-7-8-20-15/h2,4,6-8,10,12,14H,3,5,9,11H2,1H3. The second-order valence-electron chi connectivity index (χ2n) is 6.24. The SMILES string of the molecule is Cc1cccc2nc(C(=O)N3CCCC(c4cnccn4)C3)cn12. The fourth-order valence-corrected chi connectivity index (χ4v) is 3.34. The molecule has 1 fully saturated rings. The number of imidazole rings is 1. The lowest BCUT2D eigenvalue weighted by atomic mass is 9.95. The number of likely N-dealkylation sites (tertiary alicyclic amines) is 1. The topological polar surface area (TPSA) is 63.4 Å². The maximum absolute atomic E-state index is 12.9. The van der Waals surface area contributed by atoms with Gasteiger partial charge in [-0.2, -0.15) is 0 Å². The van der Waals surface area contributed by atoms with E-state index >= 15 is 0 Å². The minimum Gasteiger partial charge on any atom is -0.337 e. The normalized spacial score (nSPS) is 18.0. The molecule has 1 aliphatic rings. The highest BCUT2D eigenvalue weighted by Gasteiger charge is 2.27. The Bertz CT molecular complexity index is 874. The van der Waals surface area contributed by atoms with Crippen molar-refractivity contribution in [3.8, 4) is 0 Å². The van der Waals surface area contributed by atoms with Crippen molar-refractivity contribution >= 4 is 11.6 Å². The predicted molar refractivity (Wildman–Crippen MR) is 89.8 cm³/mol. The van der Waals surface area contributed by atoms with E-state index in [4.69, 9.17) is 0 Å². The highest BCUT2D eigenvalue weighted by molar-refractivity contribution is 5.93. The number of pyridine rings is 1. The van der Waals surface area contributed by atoms with Crippen LogP contribution in [0, 0.1) is 6.92 Å². The summed E-state index contributed by atoms with van der Waals surface area (Å²) in [6.07, 6.45) is 9.02. The Morgan fingerprint density at radius 2 is 2.21 bits per heavy atom. The first kappa shape index (κ1) is 14.8. The Morgan fingerprint density at radius 3 is 3.00 bits per heavy atom. The van der Waals surface area contributed by atoms with E-state index in [1.807, 2.05) is 40.6 Å². The van der Waals surface area contributed by atoms with Crippen LogP contribution in [0.15, 0.2) is 43.0 Å². The van der Waals surface area contributed by atoms with Gasteiger partial charge in [0.15, 0.2) is 0 Å². The molecular weight excluding hydrogens is 302 g/mol. The van der Waals surface area contributed by atoms with Crippen LogP contribution in [0.5, 0.6) is 0 Å². The van der Waals surface area contributed by atoms with Crippen molar-refractivity contribution in [3.63, 3.8) is 0 Å².